The van der Waals surface area contributed by atoms with Crippen LogP contribution in [0.3, 0.4) is 0 Å². The third-order valence-electron chi connectivity index (χ3n) is 3.92. The topological polar surface area (TPSA) is 88.8 Å². The van der Waals surface area contributed by atoms with Crippen LogP contribution in [0, 0.1) is 5.92 Å². The predicted octanol–water partition coefficient (Wildman–Crippen LogP) is 0.420. The highest BCUT2D eigenvalue weighted by Crippen LogP contribution is 2.15. The van der Waals surface area contributed by atoms with Gasteiger partial charge >= 0.3 is 0 Å². The molecule has 0 unspecified atom stereocenters. The van der Waals surface area contributed by atoms with Gasteiger partial charge in [0.25, 0.3) is 5.91 Å². The highest BCUT2D eigenvalue weighted by molar-refractivity contribution is 5.99. The fourth-order valence-electron chi connectivity index (χ4n) is 2.63. The number of hydrogen-bond donors (Lipinski definition) is 2. The van der Waals surface area contributed by atoms with Crippen molar-refractivity contribution in [2.24, 2.45) is 5.92 Å². The number of rotatable bonds is 6. The molecule has 1 aliphatic heterocycles. The van der Waals surface area contributed by atoms with E-state index < -0.39 is 0 Å². The Morgan fingerprint density at radius 3 is 3.18 bits per heavy atom. The van der Waals surface area contributed by atoms with E-state index in [1.54, 1.807) is 16.9 Å². The van der Waals surface area contributed by atoms with E-state index in [0.717, 1.165) is 31.6 Å². The summed E-state index contributed by atoms with van der Waals surface area (Å²) in [5, 5.41) is 16.0. The largest absolute Gasteiger partial charge is 0.396 e. The molecule has 0 radical (unpaired) electrons. The lowest BCUT2D eigenvalue weighted by atomic mass is 10.1. The molecule has 1 aliphatic rings. The zero-order chi connectivity index (χ0) is 15.4. The van der Waals surface area contributed by atoms with E-state index >= 15 is 0 Å². The van der Waals surface area contributed by atoms with E-state index in [1.807, 2.05) is 0 Å². The smallest absolute Gasteiger partial charge is 0.256 e. The minimum absolute atomic E-state index is 0.0622. The lowest BCUT2D eigenvalue weighted by molar-refractivity contribution is 0.0952. The molecule has 3 heterocycles. The minimum atomic E-state index is -0.156. The number of nitrogens with zero attached hydrogens (tertiary/aromatic N) is 3. The third kappa shape index (κ3) is 3.26. The van der Waals surface area contributed by atoms with Gasteiger partial charge in [-0.15, -0.1) is 0 Å². The molecular weight excluding hydrogens is 284 g/mol. The molecule has 7 heteroatoms. The molecule has 1 fully saturated rings. The van der Waals surface area contributed by atoms with Gasteiger partial charge in [-0.25, -0.2) is 9.50 Å². The van der Waals surface area contributed by atoms with Gasteiger partial charge in [-0.1, -0.05) is 0 Å². The van der Waals surface area contributed by atoms with Crippen LogP contribution in [-0.2, 0) is 11.2 Å². The van der Waals surface area contributed by atoms with Crippen molar-refractivity contribution in [2.75, 3.05) is 26.4 Å². The Kier molecular flexibility index (Phi) is 4.65. The number of nitrogens with one attached hydrogen (secondary N) is 1. The van der Waals surface area contributed by atoms with Crippen molar-refractivity contribution in [1.29, 1.82) is 0 Å². The number of aliphatic hydroxyl groups is 1. The highest BCUT2D eigenvalue weighted by atomic mass is 16.5. The van der Waals surface area contributed by atoms with Gasteiger partial charge in [-0.05, 0) is 30.7 Å². The van der Waals surface area contributed by atoms with Crippen LogP contribution in [0.2, 0.25) is 0 Å². The van der Waals surface area contributed by atoms with Crippen LogP contribution in [0.4, 0.5) is 0 Å². The summed E-state index contributed by atoms with van der Waals surface area (Å²) in [5.41, 5.74) is 1.88. The number of carbonyl (C=O) groups excluding carboxylic acids is 1. The molecule has 2 aromatic rings. The molecule has 0 saturated carbocycles. The van der Waals surface area contributed by atoms with E-state index in [4.69, 9.17) is 9.84 Å². The van der Waals surface area contributed by atoms with Crippen LogP contribution >= 0.6 is 0 Å². The predicted molar refractivity (Wildman–Crippen MR) is 79.7 cm³/mol. The fraction of sp³-hybridized carbons (Fsp3) is 0.533. The molecular formula is C15H20N4O3. The Hall–Kier alpha value is -1.99. The standard InChI is InChI=1S/C15H20N4O3/c20-5-2-12-7-17-14-13(8-18-19(14)9-12)15(21)16-4-1-11-3-6-22-10-11/h7-9,11,20H,1-6,10H2,(H,16,21)/t11-/m0/s1. The van der Waals surface area contributed by atoms with Gasteiger partial charge in [0.15, 0.2) is 5.65 Å². The second kappa shape index (κ2) is 6.85. The summed E-state index contributed by atoms with van der Waals surface area (Å²) in [6, 6.07) is 0. The number of ether oxygens (including phenoxy) is 1. The van der Waals surface area contributed by atoms with Gasteiger partial charge in [-0.3, -0.25) is 4.79 Å². The third-order valence-corrected chi connectivity index (χ3v) is 3.92. The van der Waals surface area contributed by atoms with Crippen molar-refractivity contribution in [2.45, 2.75) is 19.3 Å². The van der Waals surface area contributed by atoms with Gasteiger partial charge in [0, 0.05) is 38.8 Å². The molecule has 118 valence electrons. The van der Waals surface area contributed by atoms with Crippen LogP contribution < -0.4 is 5.32 Å². The molecule has 0 bridgehead atoms. The quantitative estimate of drug-likeness (QED) is 0.807. The first-order valence-electron chi connectivity index (χ1n) is 7.57. The van der Waals surface area contributed by atoms with Gasteiger partial charge in [0.2, 0.25) is 0 Å². The van der Waals surface area contributed by atoms with E-state index in [-0.39, 0.29) is 12.5 Å². The van der Waals surface area contributed by atoms with Crippen molar-refractivity contribution in [3.8, 4) is 0 Å². The van der Waals surface area contributed by atoms with Crippen molar-refractivity contribution >= 4 is 11.6 Å². The van der Waals surface area contributed by atoms with E-state index in [1.165, 1.54) is 6.20 Å². The molecule has 22 heavy (non-hydrogen) atoms. The van der Waals surface area contributed by atoms with E-state index in [2.05, 4.69) is 15.4 Å². The summed E-state index contributed by atoms with van der Waals surface area (Å²) in [6.07, 6.45) is 7.50. The summed E-state index contributed by atoms with van der Waals surface area (Å²) < 4.78 is 6.90. The SMILES string of the molecule is O=C(NCC[C@H]1CCOC1)c1cnn2cc(CCO)cnc12. The number of aromatic nitrogens is 3. The summed E-state index contributed by atoms with van der Waals surface area (Å²) in [6.45, 7) is 2.31. The van der Waals surface area contributed by atoms with Crippen molar-refractivity contribution < 1.29 is 14.6 Å². The van der Waals surface area contributed by atoms with E-state index in [9.17, 15) is 4.79 Å². The number of carbonyl (C=O) groups is 1. The molecule has 2 aromatic heterocycles. The van der Waals surface area contributed by atoms with Crippen LogP contribution in [0.15, 0.2) is 18.6 Å². The Balaban J connectivity index is 1.63. The summed E-state index contributed by atoms with van der Waals surface area (Å²) in [5.74, 6) is 0.389. The van der Waals surface area contributed by atoms with Crippen LogP contribution in [-0.4, -0.2) is 52.0 Å². The van der Waals surface area contributed by atoms with Gasteiger partial charge in [0.1, 0.15) is 5.56 Å². The lowest BCUT2D eigenvalue weighted by Gasteiger charge is -2.08. The monoisotopic (exact) mass is 304 g/mol. The average Bonchev–Trinajstić information content (AvgIpc) is 3.16. The maximum atomic E-state index is 12.2. The molecule has 0 aliphatic carbocycles. The number of aliphatic hydroxyl groups excluding tert-OH is 1. The molecule has 1 saturated heterocycles. The van der Waals surface area contributed by atoms with Gasteiger partial charge < -0.3 is 15.2 Å². The summed E-state index contributed by atoms with van der Waals surface area (Å²) >= 11 is 0. The zero-order valence-electron chi connectivity index (χ0n) is 12.4. The molecule has 0 spiro atoms. The second-order valence-electron chi connectivity index (χ2n) is 5.54. The van der Waals surface area contributed by atoms with Crippen molar-refractivity contribution in [1.82, 2.24) is 19.9 Å². The number of amides is 1. The number of hydrogen-bond acceptors (Lipinski definition) is 5. The first-order chi connectivity index (χ1) is 10.8. The normalized spacial score (nSPS) is 18.0. The minimum Gasteiger partial charge on any atom is -0.396 e. The van der Waals surface area contributed by atoms with Gasteiger partial charge in [0.05, 0.1) is 6.20 Å². The molecule has 0 aromatic carbocycles. The van der Waals surface area contributed by atoms with E-state index in [0.29, 0.717) is 30.1 Å². The maximum Gasteiger partial charge on any atom is 0.256 e. The Bertz CT molecular complexity index is 649. The zero-order valence-corrected chi connectivity index (χ0v) is 12.4. The average molecular weight is 304 g/mol. The van der Waals surface area contributed by atoms with Crippen LogP contribution in [0.25, 0.3) is 5.65 Å². The fourth-order valence-corrected chi connectivity index (χ4v) is 2.63. The summed E-state index contributed by atoms with van der Waals surface area (Å²) in [7, 11) is 0. The number of fused-ring (bicyclic) bond motifs is 1. The molecule has 2 N–H and O–H groups in total. The van der Waals surface area contributed by atoms with Crippen molar-refractivity contribution in [3.05, 3.63) is 29.7 Å². The molecule has 3 rings (SSSR count). The highest BCUT2D eigenvalue weighted by Gasteiger charge is 2.17. The maximum absolute atomic E-state index is 12.2. The van der Waals surface area contributed by atoms with Crippen LogP contribution in [0.5, 0.6) is 0 Å². The second-order valence-corrected chi connectivity index (χ2v) is 5.54. The Labute approximate surface area is 128 Å². The Morgan fingerprint density at radius 1 is 1.50 bits per heavy atom. The van der Waals surface area contributed by atoms with Gasteiger partial charge in [-0.2, -0.15) is 5.10 Å². The molecule has 1 atom stereocenters. The van der Waals surface area contributed by atoms with Crippen LogP contribution in [0.1, 0.15) is 28.8 Å². The first-order valence-corrected chi connectivity index (χ1v) is 7.57. The lowest BCUT2D eigenvalue weighted by Crippen LogP contribution is -2.26. The molecule has 7 nitrogen and oxygen atoms in total. The summed E-state index contributed by atoms with van der Waals surface area (Å²) in [4.78, 5) is 16.5. The Morgan fingerprint density at radius 2 is 2.41 bits per heavy atom. The molecule has 1 amide bonds. The first kappa shape index (κ1) is 14.9. The van der Waals surface area contributed by atoms with Crippen molar-refractivity contribution in [3.63, 3.8) is 0 Å².